The maximum absolute atomic E-state index is 10.8. The zero-order valence-electron chi connectivity index (χ0n) is 11.0. The lowest BCUT2D eigenvalue weighted by atomic mass is 10.2. The summed E-state index contributed by atoms with van der Waals surface area (Å²) >= 11 is 0. The zero-order chi connectivity index (χ0) is 14.3. The van der Waals surface area contributed by atoms with E-state index in [1.165, 1.54) is 19.3 Å². The van der Waals surface area contributed by atoms with Crippen molar-refractivity contribution in [2.45, 2.75) is 19.8 Å². The van der Waals surface area contributed by atoms with Crippen LogP contribution in [0.1, 0.15) is 25.3 Å². The molecule has 0 unspecified atom stereocenters. The highest BCUT2D eigenvalue weighted by Gasteiger charge is 2.08. The van der Waals surface area contributed by atoms with Crippen LogP contribution in [0.5, 0.6) is 11.5 Å². The maximum atomic E-state index is 10.8. The zero-order valence-corrected chi connectivity index (χ0v) is 11.0. The number of rotatable bonds is 7. The molecule has 0 aliphatic carbocycles. The standard InChI is InChI=1S/C14H18O5/c1-3-4-7-19-12-8-10(5-6-11(12)15)9-13(18-2)14(16)17/h5-6,8-9,15H,3-4,7H2,1-2H3,(H,16,17)/b13-9-. The van der Waals surface area contributed by atoms with Gasteiger partial charge in [0.05, 0.1) is 13.7 Å². The van der Waals surface area contributed by atoms with Crippen LogP contribution in [0.15, 0.2) is 24.0 Å². The molecule has 104 valence electrons. The number of aliphatic carboxylic acids is 1. The molecule has 2 N–H and O–H groups in total. The van der Waals surface area contributed by atoms with E-state index in [1.54, 1.807) is 12.1 Å². The average molecular weight is 266 g/mol. The van der Waals surface area contributed by atoms with E-state index in [4.69, 9.17) is 14.6 Å². The van der Waals surface area contributed by atoms with E-state index in [0.29, 0.717) is 17.9 Å². The van der Waals surface area contributed by atoms with Crippen LogP contribution >= 0.6 is 0 Å². The Morgan fingerprint density at radius 2 is 2.16 bits per heavy atom. The molecule has 0 fully saturated rings. The Balaban J connectivity index is 2.91. The molecule has 5 heteroatoms. The predicted octanol–water partition coefficient (Wildman–Crippen LogP) is 2.64. The lowest BCUT2D eigenvalue weighted by Gasteiger charge is -2.08. The first-order valence-corrected chi connectivity index (χ1v) is 6.03. The minimum atomic E-state index is -1.15. The highest BCUT2D eigenvalue weighted by atomic mass is 16.5. The molecule has 0 saturated carbocycles. The molecule has 0 amide bonds. The Morgan fingerprint density at radius 3 is 2.74 bits per heavy atom. The second kappa shape index (κ2) is 7.31. The van der Waals surface area contributed by atoms with Crippen LogP contribution in [0.2, 0.25) is 0 Å². The molecule has 5 nitrogen and oxygen atoms in total. The van der Waals surface area contributed by atoms with Crippen LogP contribution in [-0.4, -0.2) is 29.9 Å². The van der Waals surface area contributed by atoms with Gasteiger partial charge in [-0.3, -0.25) is 0 Å². The number of hydrogen-bond acceptors (Lipinski definition) is 4. The van der Waals surface area contributed by atoms with Gasteiger partial charge in [-0.15, -0.1) is 0 Å². The van der Waals surface area contributed by atoms with Crippen LogP contribution < -0.4 is 4.74 Å². The van der Waals surface area contributed by atoms with E-state index < -0.39 is 5.97 Å². The van der Waals surface area contributed by atoms with Gasteiger partial charge in [0.2, 0.25) is 5.76 Å². The Hall–Kier alpha value is -2.17. The van der Waals surface area contributed by atoms with Gasteiger partial charge in [-0.1, -0.05) is 19.4 Å². The summed E-state index contributed by atoms with van der Waals surface area (Å²) in [6.45, 7) is 2.55. The summed E-state index contributed by atoms with van der Waals surface area (Å²) in [6.07, 6.45) is 3.25. The fourth-order valence-electron chi connectivity index (χ4n) is 1.42. The normalized spacial score (nSPS) is 11.2. The van der Waals surface area contributed by atoms with Crippen molar-refractivity contribution in [2.24, 2.45) is 0 Å². The van der Waals surface area contributed by atoms with Crippen molar-refractivity contribution in [3.05, 3.63) is 29.5 Å². The summed E-state index contributed by atoms with van der Waals surface area (Å²) < 4.78 is 10.2. The summed E-state index contributed by atoms with van der Waals surface area (Å²) in [6, 6.07) is 4.62. The number of benzene rings is 1. The van der Waals surface area contributed by atoms with E-state index in [-0.39, 0.29) is 11.5 Å². The Labute approximate surface area is 112 Å². The van der Waals surface area contributed by atoms with E-state index in [2.05, 4.69) is 0 Å². The third kappa shape index (κ3) is 4.54. The second-order valence-electron chi connectivity index (χ2n) is 3.95. The molecule has 0 aliphatic heterocycles. The van der Waals surface area contributed by atoms with Crippen molar-refractivity contribution < 1.29 is 24.5 Å². The van der Waals surface area contributed by atoms with Crippen molar-refractivity contribution >= 4 is 12.0 Å². The molecule has 0 bridgehead atoms. The molecule has 0 radical (unpaired) electrons. The summed E-state index contributed by atoms with van der Waals surface area (Å²) in [4.78, 5) is 10.8. The SMILES string of the molecule is CCCCOc1cc(/C=C(\OC)C(=O)O)ccc1O. The number of carbonyl (C=O) groups is 1. The van der Waals surface area contributed by atoms with Gasteiger partial charge in [0.15, 0.2) is 11.5 Å². The van der Waals surface area contributed by atoms with Gasteiger partial charge in [-0.25, -0.2) is 4.79 Å². The van der Waals surface area contributed by atoms with Crippen LogP contribution in [0, 0.1) is 0 Å². The number of phenolic OH excluding ortho intramolecular Hbond substituents is 1. The number of hydrogen-bond donors (Lipinski definition) is 2. The van der Waals surface area contributed by atoms with E-state index in [9.17, 15) is 9.90 Å². The molecule has 1 aromatic rings. The van der Waals surface area contributed by atoms with Crippen molar-refractivity contribution in [3.8, 4) is 11.5 Å². The highest BCUT2D eigenvalue weighted by Crippen LogP contribution is 2.28. The highest BCUT2D eigenvalue weighted by molar-refractivity contribution is 5.89. The second-order valence-corrected chi connectivity index (χ2v) is 3.95. The number of methoxy groups -OCH3 is 1. The summed E-state index contributed by atoms with van der Waals surface area (Å²) in [5.41, 5.74) is 0.587. The first kappa shape index (κ1) is 14.9. The number of aromatic hydroxyl groups is 1. The quantitative estimate of drug-likeness (QED) is 0.451. The molecular weight excluding hydrogens is 248 g/mol. The molecule has 19 heavy (non-hydrogen) atoms. The van der Waals surface area contributed by atoms with Crippen LogP contribution in [0.3, 0.4) is 0 Å². The average Bonchev–Trinajstić information content (AvgIpc) is 2.39. The molecule has 0 aromatic heterocycles. The molecule has 1 aromatic carbocycles. The smallest absolute Gasteiger partial charge is 0.371 e. The van der Waals surface area contributed by atoms with Crippen molar-refractivity contribution in [1.82, 2.24) is 0 Å². The topological polar surface area (TPSA) is 76.0 Å². The third-order valence-corrected chi connectivity index (χ3v) is 2.47. The number of carboxylic acid groups (broad SMARTS) is 1. The predicted molar refractivity (Wildman–Crippen MR) is 71.1 cm³/mol. The maximum Gasteiger partial charge on any atom is 0.371 e. The van der Waals surface area contributed by atoms with Crippen molar-refractivity contribution in [3.63, 3.8) is 0 Å². The summed E-state index contributed by atoms with van der Waals surface area (Å²) in [7, 11) is 1.29. The van der Waals surface area contributed by atoms with Gasteiger partial charge in [-0.2, -0.15) is 0 Å². The largest absolute Gasteiger partial charge is 0.504 e. The Morgan fingerprint density at radius 1 is 1.42 bits per heavy atom. The minimum absolute atomic E-state index is 0.0301. The molecular formula is C14H18O5. The molecule has 1 rings (SSSR count). The van der Waals surface area contributed by atoms with Gasteiger partial charge < -0.3 is 19.7 Å². The lowest BCUT2D eigenvalue weighted by molar-refractivity contribution is -0.135. The third-order valence-electron chi connectivity index (χ3n) is 2.47. The molecule has 0 atom stereocenters. The fourth-order valence-corrected chi connectivity index (χ4v) is 1.42. The van der Waals surface area contributed by atoms with Gasteiger partial charge in [0.25, 0.3) is 0 Å². The lowest BCUT2D eigenvalue weighted by Crippen LogP contribution is -2.02. The summed E-state index contributed by atoms with van der Waals surface area (Å²) in [5.74, 6) is -0.959. The van der Waals surface area contributed by atoms with Crippen LogP contribution in [-0.2, 0) is 9.53 Å². The van der Waals surface area contributed by atoms with Gasteiger partial charge in [0.1, 0.15) is 0 Å². The molecule has 0 heterocycles. The van der Waals surface area contributed by atoms with Crippen LogP contribution in [0.4, 0.5) is 0 Å². The summed E-state index contributed by atoms with van der Waals surface area (Å²) in [5, 5.41) is 18.5. The van der Waals surface area contributed by atoms with E-state index >= 15 is 0 Å². The number of carboxylic acids is 1. The molecule has 0 aliphatic rings. The molecule has 0 spiro atoms. The van der Waals surface area contributed by atoms with Gasteiger partial charge >= 0.3 is 5.97 Å². The Bertz CT molecular complexity index is 465. The Kier molecular flexibility index (Phi) is 5.73. The van der Waals surface area contributed by atoms with Crippen LogP contribution in [0.25, 0.3) is 6.08 Å². The number of phenols is 1. The van der Waals surface area contributed by atoms with Gasteiger partial charge in [0, 0.05) is 0 Å². The van der Waals surface area contributed by atoms with Crippen molar-refractivity contribution in [1.29, 1.82) is 0 Å². The molecule has 0 saturated heterocycles. The van der Waals surface area contributed by atoms with E-state index in [1.807, 2.05) is 6.92 Å². The number of ether oxygens (including phenoxy) is 2. The minimum Gasteiger partial charge on any atom is -0.504 e. The first-order chi connectivity index (χ1) is 9.08. The fraction of sp³-hybridized carbons (Fsp3) is 0.357. The van der Waals surface area contributed by atoms with E-state index in [0.717, 1.165) is 12.8 Å². The van der Waals surface area contributed by atoms with Crippen molar-refractivity contribution in [2.75, 3.05) is 13.7 Å². The first-order valence-electron chi connectivity index (χ1n) is 6.03. The number of unbranched alkanes of at least 4 members (excludes halogenated alkanes) is 1. The van der Waals surface area contributed by atoms with Gasteiger partial charge in [-0.05, 0) is 30.2 Å². The monoisotopic (exact) mass is 266 g/mol.